The number of anilines is 1. The number of rotatable bonds is 10. The van der Waals surface area contributed by atoms with Gasteiger partial charge in [0.25, 0.3) is 0 Å². The summed E-state index contributed by atoms with van der Waals surface area (Å²) < 4.78 is 11.4. The lowest BCUT2D eigenvalue weighted by atomic mass is 10.2. The molecular formula is C24H30N2O3. The molecule has 0 saturated carbocycles. The SMILES string of the molecule is COc1cc(/C=C/C(=O)Nc2ccccc2)ccc1OCCCCN1CCCC1. The molecule has 0 atom stereocenters. The Balaban J connectivity index is 1.46. The van der Waals surface area contributed by atoms with E-state index in [1.165, 1.54) is 32.0 Å². The number of hydrogen-bond acceptors (Lipinski definition) is 4. The molecule has 1 N–H and O–H groups in total. The molecule has 0 radical (unpaired) electrons. The number of carbonyl (C=O) groups is 1. The molecule has 1 saturated heterocycles. The van der Waals surface area contributed by atoms with Gasteiger partial charge in [-0.15, -0.1) is 0 Å². The monoisotopic (exact) mass is 394 g/mol. The number of ether oxygens (including phenoxy) is 2. The average Bonchev–Trinajstić information content (AvgIpc) is 3.27. The van der Waals surface area contributed by atoms with Crippen LogP contribution in [0.3, 0.4) is 0 Å². The summed E-state index contributed by atoms with van der Waals surface area (Å²) in [6, 6.07) is 15.1. The van der Waals surface area contributed by atoms with Crippen LogP contribution in [0.25, 0.3) is 6.08 Å². The molecule has 1 amide bonds. The van der Waals surface area contributed by atoms with Crippen LogP contribution >= 0.6 is 0 Å². The number of unbranched alkanes of at least 4 members (excludes halogenated alkanes) is 1. The van der Waals surface area contributed by atoms with E-state index in [0.29, 0.717) is 12.4 Å². The maximum atomic E-state index is 12.0. The molecule has 1 aliphatic rings. The summed E-state index contributed by atoms with van der Waals surface area (Å²) in [7, 11) is 1.63. The van der Waals surface area contributed by atoms with E-state index >= 15 is 0 Å². The molecular weight excluding hydrogens is 364 g/mol. The number of carbonyl (C=O) groups excluding carboxylic acids is 1. The molecule has 5 nitrogen and oxygen atoms in total. The van der Waals surface area contributed by atoms with Crippen LogP contribution in [-0.2, 0) is 4.79 Å². The predicted octanol–water partition coefficient (Wildman–Crippen LogP) is 4.60. The third kappa shape index (κ3) is 6.95. The topological polar surface area (TPSA) is 50.8 Å². The van der Waals surface area contributed by atoms with Crippen molar-refractivity contribution < 1.29 is 14.3 Å². The van der Waals surface area contributed by atoms with Gasteiger partial charge in [0.1, 0.15) is 0 Å². The largest absolute Gasteiger partial charge is 0.493 e. The van der Waals surface area contributed by atoms with Crippen LogP contribution < -0.4 is 14.8 Å². The first-order valence-electron chi connectivity index (χ1n) is 10.3. The van der Waals surface area contributed by atoms with E-state index in [1.807, 2.05) is 48.5 Å². The standard InChI is InChI=1S/C24H30N2O3/c1-28-23-19-20(12-14-24(27)25-21-9-3-2-4-10-21)11-13-22(23)29-18-8-7-17-26-15-5-6-16-26/h2-4,9-14,19H,5-8,15-18H2,1H3,(H,25,27)/b14-12+. The minimum Gasteiger partial charge on any atom is -0.493 e. The normalized spacial score (nSPS) is 14.2. The summed E-state index contributed by atoms with van der Waals surface area (Å²) in [6.45, 7) is 4.33. The molecule has 2 aromatic carbocycles. The summed E-state index contributed by atoms with van der Waals surface area (Å²) in [5.74, 6) is 1.24. The number of likely N-dealkylation sites (tertiary alicyclic amines) is 1. The Morgan fingerprint density at radius 3 is 2.62 bits per heavy atom. The highest BCUT2D eigenvalue weighted by molar-refractivity contribution is 6.01. The Labute approximate surface area is 173 Å². The number of nitrogens with zero attached hydrogens (tertiary/aromatic N) is 1. The Morgan fingerprint density at radius 1 is 1.07 bits per heavy atom. The number of para-hydroxylation sites is 1. The summed E-state index contributed by atoms with van der Waals surface area (Å²) >= 11 is 0. The fraction of sp³-hybridized carbons (Fsp3) is 0.375. The van der Waals surface area contributed by atoms with Crippen molar-refractivity contribution in [2.24, 2.45) is 0 Å². The Bertz CT molecular complexity index is 799. The number of hydrogen-bond donors (Lipinski definition) is 1. The zero-order valence-electron chi connectivity index (χ0n) is 17.1. The molecule has 29 heavy (non-hydrogen) atoms. The van der Waals surface area contributed by atoms with E-state index in [2.05, 4.69) is 10.2 Å². The second-order valence-electron chi connectivity index (χ2n) is 7.20. The lowest BCUT2D eigenvalue weighted by Crippen LogP contribution is -2.20. The van der Waals surface area contributed by atoms with Crippen LogP contribution in [0.2, 0.25) is 0 Å². The van der Waals surface area contributed by atoms with Crippen LogP contribution in [0, 0.1) is 0 Å². The fourth-order valence-corrected chi connectivity index (χ4v) is 3.41. The molecule has 0 bridgehead atoms. The van der Waals surface area contributed by atoms with Crippen molar-refractivity contribution in [3.05, 3.63) is 60.2 Å². The van der Waals surface area contributed by atoms with Crippen molar-refractivity contribution in [3.8, 4) is 11.5 Å². The van der Waals surface area contributed by atoms with Crippen molar-refractivity contribution in [1.82, 2.24) is 4.90 Å². The van der Waals surface area contributed by atoms with Gasteiger partial charge in [-0.1, -0.05) is 24.3 Å². The lowest BCUT2D eigenvalue weighted by molar-refractivity contribution is -0.111. The molecule has 0 unspecified atom stereocenters. The predicted molar refractivity (Wildman–Crippen MR) is 118 cm³/mol. The minimum atomic E-state index is -0.173. The van der Waals surface area contributed by atoms with Gasteiger partial charge in [-0.05, 0) is 81.2 Å². The van der Waals surface area contributed by atoms with E-state index in [-0.39, 0.29) is 5.91 Å². The maximum Gasteiger partial charge on any atom is 0.248 e. The molecule has 3 rings (SSSR count). The van der Waals surface area contributed by atoms with Crippen molar-refractivity contribution in [2.45, 2.75) is 25.7 Å². The second-order valence-corrected chi connectivity index (χ2v) is 7.20. The first-order valence-corrected chi connectivity index (χ1v) is 10.3. The van der Waals surface area contributed by atoms with Gasteiger partial charge in [0, 0.05) is 11.8 Å². The molecule has 0 aromatic heterocycles. The second kappa shape index (κ2) is 11.3. The molecule has 1 heterocycles. The Hall–Kier alpha value is -2.79. The number of nitrogens with one attached hydrogen (secondary N) is 1. The van der Waals surface area contributed by atoms with E-state index in [4.69, 9.17) is 9.47 Å². The van der Waals surface area contributed by atoms with E-state index < -0.39 is 0 Å². The zero-order chi connectivity index (χ0) is 20.3. The third-order valence-corrected chi connectivity index (χ3v) is 4.98. The summed E-state index contributed by atoms with van der Waals surface area (Å²) in [5.41, 5.74) is 1.65. The van der Waals surface area contributed by atoms with Gasteiger partial charge in [-0.25, -0.2) is 0 Å². The smallest absolute Gasteiger partial charge is 0.248 e. The van der Waals surface area contributed by atoms with Gasteiger partial charge < -0.3 is 19.7 Å². The van der Waals surface area contributed by atoms with Crippen LogP contribution in [0.1, 0.15) is 31.2 Å². The van der Waals surface area contributed by atoms with Crippen molar-refractivity contribution in [3.63, 3.8) is 0 Å². The summed E-state index contributed by atoms with van der Waals surface area (Å²) in [4.78, 5) is 14.6. The number of methoxy groups -OCH3 is 1. The van der Waals surface area contributed by atoms with Crippen molar-refractivity contribution in [1.29, 1.82) is 0 Å². The van der Waals surface area contributed by atoms with Gasteiger partial charge >= 0.3 is 0 Å². The molecule has 0 spiro atoms. The Morgan fingerprint density at radius 2 is 1.86 bits per heavy atom. The average molecular weight is 395 g/mol. The van der Waals surface area contributed by atoms with Crippen LogP contribution in [0.5, 0.6) is 11.5 Å². The van der Waals surface area contributed by atoms with Crippen LogP contribution in [0.15, 0.2) is 54.6 Å². The molecule has 5 heteroatoms. The van der Waals surface area contributed by atoms with Crippen molar-refractivity contribution >= 4 is 17.7 Å². The number of benzene rings is 2. The molecule has 0 aliphatic carbocycles. The van der Waals surface area contributed by atoms with E-state index in [0.717, 1.165) is 36.4 Å². The maximum absolute atomic E-state index is 12.0. The van der Waals surface area contributed by atoms with Crippen molar-refractivity contribution in [2.75, 3.05) is 38.7 Å². The molecule has 1 fully saturated rings. The number of amides is 1. The molecule has 154 valence electrons. The summed E-state index contributed by atoms with van der Waals surface area (Å²) in [5, 5.41) is 2.83. The van der Waals surface area contributed by atoms with Gasteiger partial charge in [0.15, 0.2) is 11.5 Å². The lowest BCUT2D eigenvalue weighted by Gasteiger charge is -2.15. The minimum absolute atomic E-state index is 0.173. The first-order chi connectivity index (χ1) is 14.2. The highest BCUT2D eigenvalue weighted by atomic mass is 16.5. The van der Waals surface area contributed by atoms with Crippen LogP contribution in [0.4, 0.5) is 5.69 Å². The van der Waals surface area contributed by atoms with Gasteiger partial charge in [0.2, 0.25) is 5.91 Å². The zero-order valence-corrected chi connectivity index (χ0v) is 17.1. The molecule has 1 aliphatic heterocycles. The van der Waals surface area contributed by atoms with E-state index in [1.54, 1.807) is 13.2 Å². The summed E-state index contributed by atoms with van der Waals surface area (Å²) in [6.07, 6.45) is 8.13. The fourth-order valence-electron chi connectivity index (χ4n) is 3.41. The third-order valence-electron chi connectivity index (χ3n) is 4.98. The van der Waals surface area contributed by atoms with E-state index in [9.17, 15) is 4.79 Å². The first kappa shape index (κ1) is 20.9. The Kier molecular flexibility index (Phi) is 8.13. The highest BCUT2D eigenvalue weighted by Gasteiger charge is 2.10. The van der Waals surface area contributed by atoms with Gasteiger partial charge in [-0.2, -0.15) is 0 Å². The van der Waals surface area contributed by atoms with Crippen LogP contribution in [-0.4, -0.2) is 44.2 Å². The quantitative estimate of drug-likeness (QED) is 0.473. The molecule has 2 aromatic rings. The highest BCUT2D eigenvalue weighted by Crippen LogP contribution is 2.28. The van der Waals surface area contributed by atoms with Gasteiger partial charge in [-0.3, -0.25) is 4.79 Å². The van der Waals surface area contributed by atoms with Gasteiger partial charge in [0.05, 0.1) is 13.7 Å².